The molecule has 0 saturated heterocycles. The van der Waals surface area contributed by atoms with Crippen LogP contribution in [0.25, 0.3) is 11.4 Å². The highest BCUT2D eigenvalue weighted by molar-refractivity contribution is 9.10. The summed E-state index contributed by atoms with van der Waals surface area (Å²) in [5.41, 5.74) is 4.12. The highest BCUT2D eigenvalue weighted by atomic mass is 79.9. The maximum absolute atomic E-state index is 12.5. The van der Waals surface area contributed by atoms with Crippen LogP contribution in [0.15, 0.2) is 47.5 Å². The number of aryl methyl sites for hydroxylation is 1. The Morgan fingerprint density at radius 3 is 2.78 bits per heavy atom. The van der Waals surface area contributed by atoms with Crippen LogP contribution < -0.4 is 5.32 Å². The van der Waals surface area contributed by atoms with Crippen LogP contribution in [0.1, 0.15) is 21.5 Å². The molecule has 116 valence electrons. The van der Waals surface area contributed by atoms with Gasteiger partial charge in [-0.15, -0.1) is 0 Å². The first-order valence-electron chi connectivity index (χ1n) is 7.08. The van der Waals surface area contributed by atoms with Gasteiger partial charge in [-0.2, -0.15) is 0 Å². The van der Waals surface area contributed by atoms with Gasteiger partial charge >= 0.3 is 0 Å². The van der Waals surface area contributed by atoms with Gasteiger partial charge in [-0.1, -0.05) is 0 Å². The fraction of sp³-hybridized carbons (Fsp3) is 0.118. The normalized spacial score (nSPS) is 10.6. The number of H-pyrrole nitrogens is 1. The highest BCUT2D eigenvalue weighted by Gasteiger charge is 2.13. The fourth-order valence-corrected chi connectivity index (χ4v) is 2.62. The summed E-state index contributed by atoms with van der Waals surface area (Å²) in [7, 11) is 0. The van der Waals surface area contributed by atoms with Gasteiger partial charge in [-0.25, -0.2) is 4.98 Å². The van der Waals surface area contributed by atoms with Crippen molar-refractivity contribution in [3.8, 4) is 11.4 Å². The van der Waals surface area contributed by atoms with Crippen LogP contribution in [0.5, 0.6) is 0 Å². The minimum absolute atomic E-state index is 0.176. The van der Waals surface area contributed by atoms with E-state index in [0.29, 0.717) is 5.56 Å². The van der Waals surface area contributed by atoms with E-state index in [1.54, 1.807) is 24.8 Å². The Balaban J connectivity index is 1.85. The molecule has 0 aliphatic rings. The molecule has 2 aromatic heterocycles. The third-order valence-corrected chi connectivity index (χ3v) is 4.44. The number of halogens is 1. The van der Waals surface area contributed by atoms with E-state index in [1.165, 1.54) is 0 Å². The van der Waals surface area contributed by atoms with Crippen molar-refractivity contribution in [3.05, 3.63) is 64.1 Å². The average Bonchev–Trinajstić information content (AvgIpc) is 3.06. The molecule has 2 N–H and O–H groups in total. The number of anilines is 1. The van der Waals surface area contributed by atoms with Crippen molar-refractivity contribution in [2.24, 2.45) is 0 Å². The Hall–Kier alpha value is -2.47. The number of amides is 1. The van der Waals surface area contributed by atoms with Crippen LogP contribution >= 0.6 is 15.9 Å². The van der Waals surface area contributed by atoms with Gasteiger partial charge in [-0.05, 0) is 59.1 Å². The number of carbonyl (C=O) groups excluding carboxylic acids is 1. The van der Waals surface area contributed by atoms with E-state index in [0.717, 1.165) is 32.7 Å². The van der Waals surface area contributed by atoms with E-state index in [1.807, 2.05) is 32.0 Å². The maximum Gasteiger partial charge on any atom is 0.257 e. The molecule has 0 aliphatic carbocycles. The minimum atomic E-state index is -0.176. The van der Waals surface area contributed by atoms with Gasteiger partial charge < -0.3 is 10.3 Å². The molecule has 1 amide bonds. The van der Waals surface area contributed by atoms with Crippen molar-refractivity contribution >= 4 is 27.5 Å². The van der Waals surface area contributed by atoms with Crippen LogP contribution in [0.2, 0.25) is 0 Å². The number of nitrogens with one attached hydrogen (secondary N) is 2. The number of imidazole rings is 1. The van der Waals surface area contributed by atoms with Gasteiger partial charge in [0, 0.05) is 40.5 Å². The Kier molecular flexibility index (Phi) is 4.25. The number of aromatic nitrogens is 3. The molecule has 0 aliphatic heterocycles. The van der Waals surface area contributed by atoms with Gasteiger partial charge in [-0.3, -0.25) is 9.78 Å². The van der Waals surface area contributed by atoms with Crippen LogP contribution in [-0.4, -0.2) is 20.9 Å². The standard InChI is InChI=1S/C17H15BrN4O/c1-10-7-12(16-20-5-6-21-16)3-4-15(10)22-17(23)13-8-19-9-14(18)11(13)2/h3-9H,1-2H3,(H,20,21)(H,22,23). The van der Waals surface area contributed by atoms with E-state index < -0.39 is 0 Å². The van der Waals surface area contributed by atoms with E-state index in [-0.39, 0.29) is 5.91 Å². The number of carbonyl (C=O) groups is 1. The van der Waals surface area contributed by atoms with Gasteiger partial charge in [0.05, 0.1) is 5.56 Å². The monoisotopic (exact) mass is 370 g/mol. The second-order valence-electron chi connectivity index (χ2n) is 5.22. The number of pyridine rings is 1. The van der Waals surface area contributed by atoms with Gasteiger partial charge in [0.1, 0.15) is 5.82 Å². The summed E-state index contributed by atoms with van der Waals surface area (Å²) in [6.45, 7) is 3.83. The molecular weight excluding hydrogens is 356 g/mol. The summed E-state index contributed by atoms with van der Waals surface area (Å²) in [6.07, 6.45) is 6.74. The molecule has 0 radical (unpaired) electrons. The lowest BCUT2D eigenvalue weighted by molar-refractivity contribution is 0.102. The molecule has 3 rings (SSSR count). The zero-order valence-corrected chi connectivity index (χ0v) is 14.3. The topological polar surface area (TPSA) is 70.7 Å². The fourth-order valence-electron chi connectivity index (χ4n) is 2.29. The van der Waals surface area contributed by atoms with E-state index in [4.69, 9.17) is 0 Å². The van der Waals surface area contributed by atoms with Crippen molar-refractivity contribution in [3.63, 3.8) is 0 Å². The molecule has 0 atom stereocenters. The second kappa shape index (κ2) is 6.34. The van der Waals surface area contributed by atoms with Gasteiger partial charge in [0.25, 0.3) is 5.91 Å². The molecule has 5 nitrogen and oxygen atoms in total. The first kappa shape index (κ1) is 15.4. The lowest BCUT2D eigenvalue weighted by Crippen LogP contribution is -2.14. The van der Waals surface area contributed by atoms with Crippen LogP contribution in [-0.2, 0) is 0 Å². The quantitative estimate of drug-likeness (QED) is 0.728. The second-order valence-corrected chi connectivity index (χ2v) is 6.07. The molecule has 2 heterocycles. The Morgan fingerprint density at radius 1 is 1.26 bits per heavy atom. The number of hydrogen-bond donors (Lipinski definition) is 2. The van der Waals surface area contributed by atoms with Crippen LogP contribution in [0, 0.1) is 13.8 Å². The van der Waals surface area contributed by atoms with Gasteiger partial charge in [0.2, 0.25) is 0 Å². The van der Waals surface area contributed by atoms with Crippen LogP contribution in [0.3, 0.4) is 0 Å². The first-order valence-corrected chi connectivity index (χ1v) is 7.87. The molecule has 6 heteroatoms. The molecule has 23 heavy (non-hydrogen) atoms. The summed E-state index contributed by atoms with van der Waals surface area (Å²) in [6, 6.07) is 5.79. The van der Waals surface area contributed by atoms with Gasteiger partial charge in [0.15, 0.2) is 0 Å². The summed E-state index contributed by atoms with van der Waals surface area (Å²) < 4.78 is 0.815. The average molecular weight is 371 g/mol. The highest BCUT2D eigenvalue weighted by Crippen LogP contribution is 2.24. The molecule has 0 bridgehead atoms. The van der Waals surface area contributed by atoms with Crippen molar-refractivity contribution < 1.29 is 4.79 Å². The number of rotatable bonds is 3. The number of nitrogens with zero attached hydrogens (tertiary/aromatic N) is 2. The number of aromatic amines is 1. The van der Waals surface area contributed by atoms with Crippen molar-refractivity contribution in [1.82, 2.24) is 15.0 Å². The molecule has 1 aromatic carbocycles. The Labute approximate surface area is 142 Å². The lowest BCUT2D eigenvalue weighted by atomic mass is 10.1. The molecule has 0 spiro atoms. The number of benzene rings is 1. The zero-order chi connectivity index (χ0) is 16.4. The molecular formula is C17H15BrN4O. The molecule has 3 aromatic rings. The van der Waals surface area contributed by atoms with Crippen molar-refractivity contribution in [1.29, 1.82) is 0 Å². The number of hydrogen-bond acceptors (Lipinski definition) is 3. The summed E-state index contributed by atoms with van der Waals surface area (Å²) in [5, 5.41) is 2.94. The van der Waals surface area contributed by atoms with Crippen LogP contribution in [0.4, 0.5) is 5.69 Å². The predicted octanol–water partition coefficient (Wildman–Crippen LogP) is 4.10. The Bertz CT molecular complexity index is 859. The molecule has 0 saturated carbocycles. The van der Waals surface area contributed by atoms with Crippen molar-refractivity contribution in [2.45, 2.75) is 13.8 Å². The third kappa shape index (κ3) is 3.17. The lowest BCUT2D eigenvalue weighted by Gasteiger charge is -2.11. The van der Waals surface area contributed by atoms with E-state index >= 15 is 0 Å². The largest absolute Gasteiger partial charge is 0.345 e. The predicted molar refractivity (Wildman–Crippen MR) is 93.4 cm³/mol. The summed E-state index contributed by atoms with van der Waals surface area (Å²) in [5.74, 6) is 0.628. The Morgan fingerprint density at radius 2 is 2.09 bits per heavy atom. The van der Waals surface area contributed by atoms with E-state index in [9.17, 15) is 4.79 Å². The SMILES string of the molecule is Cc1cc(-c2ncc[nH]2)ccc1NC(=O)c1cncc(Br)c1C. The molecule has 0 unspecified atom stereocenters. The smallest absolute Gasteiger partial charge is 0.257 e. The third-order valence-electron chi connectivity index (χ3n) is 3.64. The van der Waals surface area contributed by atoms with E-state index in [2.05, 4.69) is 36.2 Å². The summed E-state index contributed by atoms with van der Waals surface area (Å²) >= 11 is 3.39. The maximum atomic E-state index is 12.5. The summed E-state index contributed by atoms with van der Waals surface area (Å²) in [4.78, 5) is 23.8. The minimum Gasteiger partial charge on any atom is -0.345 e. The van der Waals surface area contributed by atoms with Crippen molar-refractivity contribution in [2.75, 3.05) is 5.32 Å². The first-order chi connectivity index (χ1) is 11.1. The zero-order valence-electron chi connectivity index (χ0n) is 12.7. The molecule has 0 fully saturated rings.